The number of anilines is 1. The van der Waals surface area contributed by atoms with Crippen LogP contribution in [0.5, 0.6) is 5.75 Å². The van der Waals surface area contributed by atoms with Crippen LogP contribution in [-0.2, 0) is 25.6 Å². The molecule has 0 aliphatic rings. The van der Waals surface area contributed by atoms with E-state index < -0.39 is 24.5 Å². The minimum Gasteiger partial charge on any atom is -0.497 e. The second-order valence-electron chi connectivity index (χ2n) is 7.16. The molecule has 8 heteroatoms. The Balaban J connectivity index is 2.11. The highest BCUT2D eigenvalue weighted by Gasteiger charge is 2.26. The largest absolute Gasteiger partial charge is 0.497 e. The van der Waals surface area contributed by atoms with Crippen LogP contribution in [0.1, 0.15) is 29.9 Å². The first-order valence-corrected chi connectivity index (χ1v) is 10.4. The van der Waals surface area contributed by atoms with E-state index in [0.717, 1.165) is 11.1 Å². The Morgan fingerprint density at radius 2 is 1.67 bits per heavy atom. The number of esters is 2. The Labute approximate surface area is 192 Å². The molecule has 172 valence electrons. The van der Waals surface area contributed by atoms with Crippen molar-refractivity contribution in [1.29, 1.82) is 0 Å². The maximum absolute atomic E-state index is 13.0. The fourth-order valence-electron chi connectivity index (χ4n) is 3.34. The molecule has 0 atom stereocenters. The third-order valence-electron chi connectivity index (χ3n) is 4.81. The summed E-state index contributed by atoms with van der Waals surface area (Å²) in [6.45, 7) is 3.03. The van der Waals surface area contributed by atoms with E-state index in [2.05, 4.69) is 5.32 Å². The number of nitrogens with zero attached hydrogens (tertiary/aromatic N) is 1. The smallest absolute Gasteiger partial charge is 0.357 e. The Hall–Kier alpha value is -4.07. The molecule has 0 bridgehead atoms. The molecule has 0 aliphatic heterocycles. The average molecular weight is 450 g/mol. The summed E-state index contributed by atoms with van der Waals surface area (Å²) >= 11 is 0. The van der Waals surface area contributed by atoms with E-state index in [0.29, 0.717) is 17.9 Å². The fourth-order valence-corrected chi connectivity index (χ4v) is 3.34. The molecule has 2 aromatic carbocycles. The predicted molar refractivity (Wildman–Crippen MR) is 123 cm³/mol. The van der Waals surface area contributed by atoms with Crippen LogP contribution in [0.15, 0.2) is 60.8 Å². The van der Waals surface area contributed by atoms with Gasteiger partial charge in [0.15, 0.2) is 12.3 Å². The third-order valence-corrected chi connectivity index (χ3v) is 4.81. The van der Waals surface area contributed by atoms with E-state index in [9.17, 15) is 14.4 Å². The molecular weight excluding hydrogens is 424 g/mol. The van der Waals surface area contributed by atoms with Gasteiger partial charge in [-0.3, -0.25) is 9.59 Å². The summed E-state index contributed by atoms with van der Waals surface area (Å²) < 4.78 is 17.1. The molecule has 1 N–H and O–H groups in total. The van der Waals surface area contributed by atoms with E-state index in [4.69, 9.17) is 14.2 Å². The SMILES string of the molecule is CCOC(=O)c1c(NC(=O)COC(C)=O)c(-c2ccc(OC)cc2)cn1Cc1ccccc1. The van der Waals surface area contributed by atoms with Crippen LogP contribution in [0.3, 0.4) is 0 Å². The van der Waals surface area contributed by atoms with Crippen LogP contribution in [-0.4, -0.2) is 42.7 Å². The number of benzene rings is 2. The van der Waals surface area contributed by atoms with Gasteiger partial charge in [0.25, 0.3) is 5.91 Å². The van der Waals surface area contributed by atoms with Gasteiger partial charge in [0.2, 0.25) is 0 Å². The first kappa shape index (κ1) is 23.6. The number of carbonyl (C=O) groups is 3. The number of ether oxygens (including phenoxy) is 3. The Bertz CT molecular complexity index is 1120. The number of hydrogen-bond acceptors (Lipinski definition) is 6. The molecule has 0 aliphatic carbocycles. The summed E-state index contributed by atoms with van der Waals surface area (Å²) in [7, 11) is 1.57. The van der Waals surface area contributed by atoms with Gasteiger partial charge in [0, 0.05) is 25.2 Å². The van der Waals surface area contributed by atoms with Gasteiger partial charge < -0.3 is 24.1 Å². The van der Waals surface area contributed by atoms with Crippen molar-refractivity contribution in [2.75, 3.05) is 25.6 Å². The number of amides is 1. The van der Waals surface area contributed by atoms with Crippen molar-refractivity contribution in [2.45, 2.75) is 20.4 Å². The van der Waals surface area contributed by atoms with Crippen molar-refractivity contribution in [3.05, 3.63) is 72.1 Å². The van der Waals surface area contributed by atoms with Crippen LogP contribution in [0.4, 0.5) is 5.69 Å². The second kappa shape index (κ2) is 11.0. The lowest BCUT2D eigenvalue weighted by molar-refractivity contribution is -0.144. The lowest BCUT2D eigenvalue weighted by Crippen LogP contribution is -2.22. The summed E-state index contributed by atoms with van der Waals surface area (Å²) in [6.07, 6.45) is 1.79. The molecule has 1 heterocycles. The third kappa shape index (κ3) is 6.00. The van der Waals surface area contributed by atoms with Crippen molar-refractivity contribution in [2.24, 2.45) is 0 Å². The first-order chi connectivity index (χ1) is 15.9. The van der Waals surface area contributed by atoms with Gasteiger partial charge in [0.05, 0.1) is 19.4 Å². The minimum absolute atomic E-state index is 0.175. The highest BCUT2D eigenvalue weighted by Crippen LogP contribution is 2.35. The monoisotopic (exact) mass is 450 g/mol. The Kier molecular flexibility index (Phi) is 7.86. The van der Waals surface area contributed by atoms with E-state index in [1.807, 2.05) is 42.5 Å². The van der Waals surface area contributed by atoms with Gasteiger partial charge in [-0.1, -0.05) is 42.5 Å². The van der Waals surface area contributed by atoms with E-state index >= 15 is 0 Å². The van der Waals surface area contributed by atoms with Gasteiger partial charge >= 0.3 is 11.9 Å². The van der Waals surface area contributed by atoms with Crippen LogP contribution < -0.4 is 10.1 Å². The molecule has 3 aromatic rings. The molecule has 8 nitrogen and oxygen atoms in total. The Morgan fingerprint density at radius 3 is 2.27 bits per heavy atom. The predicted octanol–water partition coefficient (Wildman–Crippen LogP) is 3.89. The number of aromatic nitrogens is 1. The molecular formula is C25H26N2O6. The standard InChI is InChI=1S/C25H26N2O6/c1-4-32-25(30)24-23(26-22(29)16-33-17(2)28)21(19-10-12-20(31-3)13-11-19)15-27(24)14-18-8-6-5-7-9-18/h5-13,15H,4,14,16H2,1-3H3,(H,26,29). The van der Waals surface area contributed by atoms with Gasteiger partial charge in [-0.15, -0.1) is 0 Å². The molecule has 0 saturated heterocycles. The van der Waals surface area contributed by atoms with Crippen LogP contribution >= 0.6 is 0 Å². The zero-order chi connectivity index (χ0) is 23.8. The average Bonchev–Trinajstić information content (AvgIpc) is 3.16. The number of nitrogens with one attached hydrogen (secondary N) is 1. The van der Waals surface area contributed by atoms with Crippen molar-refractivity contribution >= 4 is 23.5 Å². The normalized spacial score (nSPS) is 10.4. The molecule has 33 heavy (non-hydrogen) atoms. The van der Waals surface area contributed by atoms with E-state index in [1.165, 1.54) is 6.92 Å². The van der Waals surface area contributed by atoms with Crippen molar-refractivity contribution in [3.63, 3.8) is 0 Å². The molecule has 1 amide bonds. The fraction of sp³-hybridized carbons (Fsp3) is 0.240. The maximum Gasteiger partial charge on any atom is 0.357 e. The number of methoxy groups -OCH3 is 1. The van der Waals surface area contributed by atoms with Gasteiger partial charge in [-0.05, 0) is 30.2 Å². The Morgan fingerprint density at radius 1 is 0.970 bits per heavy atom. The van der Waals surface area contributed by atoms with Crippen LogP contribution in [0.25, 0.3) is 11.1 Å². The summed E-state index contributed by atoms with van der Waals surface area (Å²) in [6, 6.07) is 16.9. The lowest BCUT2D eigenvalue weighted by atomic mass is 10.1. The zero-order valence-electron chi connectivity index (χ0n) is 18.8. The molecule has 0 saturated carbocycles. The van der Waals surface area contributed by atoms with Gasteiger partial charge in [-0.2, -0.15) is 0 Å². The van der Waals surface area contributed by atoms with Crippen molar-refractivity contribution < 1.29 is 28.6 Å². The van der Waals surface area contributed by atoms with Crippen molar-refractivity contribution in [1.82, 2.24) is 4.57 Å². The molecule has 1 aromatic heterocycles. The minimum atomic E-state index is -0.576. The summed E-state index contributed by atoms with van der Waals surface area (Å²) in [5.41, 5.74) is 2.83. The first-order valence-electron chi connectivity index (χ1n) is 10.4. The number of carbonyl (C=O) groups excluding carboxylic acids is 3. The molecule has 0 fully saturated rings. The molecule has 0 radical (unpaired) electrons. The summed E-state index contributed by atoms with van der Waals surface area (Å²) in [5.74, 6) is -1.04. The topological polar surface area (TPSA) is 95.9 Å². The molecule has 0 spiro atoms. The van der Waals surface area contributed by atoms with Crippen LogP contribution in [0, 0.1) is 0 Å². The van der Waals surface area contributed by atoms with Gasteiger partial charge in [0.1, 0.15) is 5.75 Å². The van der Waals surface area contributed by atoms with E-state index in [-0.39, 0.29) is 18.0 Å². The second-order valence-corrected chi connectivity index (χ2v) is 7.16. The summed E-state index contributed by atoms with van der Waals surface area (Å²) in [5, 5.41) is 2.74. The number of hydrogen-bond donors (Lipinski definition) is 1. The van der Waals surface area contributed by atoms with Gasteiger partial charge in [-0.25, -0.2) is 4.79 Å². The van der Waals surface area contributed by atoms with Crippen molar-refractivity contribution in [3.8, 4) is 16.9 Å². The van der Waals surface area contributed by atoms with E-state index in [1.54, 1.807) is 36.9 Å². The quantitative estimate of drug-likeness (QED) is 0.497. The van der Waals surface area contributed by atoms with Crippen LogP contribution in [0.2, 0.25) is 0 Å². The molecule has 0 unspecified atom stereocenters. The molecule has 3 rings (SSSR count). The summed E-state index contributed by atoms with van der Waals surface area (Å²) in [4.78, 5) is 36.6. The lowest BCUT2D eigenvalue weighted by Gasteiger charge is -2.12. The number of rotatable bonds is 9. The highest BCUT2D eigenvalue weighted by atomic mass is 16.5. The highest BCUT2D eigenvalue weighted by molar-refractivity contribution is 6.06. The maximum atomic E-state index is 13.0. The zero-order valence-corrected chi connectivity index (χ0v) is 18.8.